The molecule has 0 aliphatic carbocycles. The van der Waals surface area contributed by atoms with Crippen LogP contribution in [-0.4, -0.2) is 42.8 Å². The topological polar surface area (TPSA) is 38.5 Å². The van der Waals surface area contributed by atoms with Crippen molar-refractivity contribution in [2.45, 2.75) is 52.1 Å². The van der Waals surface area contributed by atoms with Crippen molar-refractivity contribution in [2.75, 3.05) is 26.3 Å². The van der Waals surface area contributed by atoms with Crippen molar-refractivity contribution in [1.29, 1.82) is 0 Å². The van der Waals surface area contributed by atoms with E-state index < -0.39 is 0 Å². The highest BCUT2D eigenvalue weighted by Gasteiger charge is 2.36. The van der Waals surface area contributed by atoms with Crippen LogP contribution in [0, 0.1) is 5.92 Å². The lowest BCUT2D eigenvalue weighted by atomic mass is 9.90. The minimum Gasteiger partial charge on any atom is -0.378 e. The summed E-state index contributed by atoms with van der Waals surface area (Å²) < 4.78 is 5.57. The molecule has 1 aliphatic heterocycles. The van der Waals surface area contributed by atoms with Crippen LogP contribution in [0.15, 0.2) is 0 Å². The molecule has 1 aliphatic rings. The summed E-state index contributed by atoms with van der Waals surface area (Å²) in [4.78, 5) is 2.55. The first kappa shape index (κ1) is 13.9. The number of morpholine rings is 1. The molecule has 96 valence electrons. The van der Waals surface area contributed by atoms with Gasteiger partial charge in [-0.1, -0.05) is 20.3 Å². The summed E-state index contributed by atoms with van der Waals surface area (Å²) in [6, 6.07) is 0.499. The average Bonchev–Trinajstić information content (AvgIpc) is 2.21. The largest absolute Gasteiger partial charge is 0.378 e. The number of hydrogen-bond donors (Lipinski definition) is 1. The van der Waals surface area contributed by atoms with Crippen molar-refractivity contribution < 1.29 is 4.74 Å². The molecular weight excluding hydrogens is 200 g/mol. The molecule has 0 radical (unpaired) electrons. The fourth-order valence-corrected chi connectivity index (χ4v) is 2.80. The Morgan fingerprint density at radius 2 is 2.12 bits per heavy atom. The van der Waals surface area contributed by atoms with E-state index in [0.29, 0.717) is 12.0 Å². The highest BCUT2D eigenvalue weighted by molar-refractivity contribution is 4.91. The first-order valence-corrected chi connectivity index (χ1v) is 6.57. The van der Waals surface area contributed by atoms with Crippen molar-refractivity contribution >= 4 is 0 Å². The van der Waals surface area contributed by atoms with Crippen LogP contribution in [-0.2, 0) is 4.74 Å². The summed E-state index contributed by atoms with van der Waals surface area (Å²) in [6.07, 6.45) is 2.50. The molecule has 0 amide bonds. The van der Waals surface area contributed by atoms with Gasteiger partial charge in [-0.05, 0) is 26.2 Å². The SMILES string of the molecule is CCCC(C)C(CN)N1CCOCC1(C)C. The molecule has 0 aromatic carbocycles. The Kier molecular flexibility index (Phi) is 5.22. The molecule has 0 bridgehead atoms. The predicted molar refractivity (Wildman–Crippen MR) is 68.5 cm³/mol. The van der Waals surface area contributed by atoms with E-state index in [4.69, 9.17) is 10.5 Å². The van der Waals surface area contributed by atoms with Crippen LogP contribution < -0.4 is 5.73 Å². The van der Waals surface area contributed by atoms with Gasteiger partial charge in [0.15, 0.2) is 0 Å². The molecule has 0 saturated carbocycles. The van der Waals surface area contributed by atoms with E-state index in [2.05, 4.69) is 32.6 Å². The maximum atomic E-state index is 5.97. The van der Waals surface area contributed by atoms with Gasteiger partial charge in [-0.3, -0.25) is 4.90 Å². The normalized spacial score (nSPS) is 25.3. The Morgan fingerprint density at radius 3 is 2.62 bits per heavy atom. The zero-order valence-electron chi connectivity index (χ0n) is 11.3. The van der Waals surface area contributed by atoms with E-state index >= 15 is 0 Å². The maximum absolute atomic E-state index is 5.97. The molecule has 1 rings (SSSR count). The van der Waals surface area contributed by atoms with E-state index in [-0.39, 0.29) is 5.54 Å². The average molecular weight is 228 g/mol. The second-order valence-electron chi connectivity index (χ2n) is 5.63. The Hall–Kier alpha value is -0.120. The molecule has 2 atom stereocenters. The predicted octanol–water partition coefficient (Wildman–Crippen LogP) is 1.86. The van der Waals surface area contributed by atoms with Gasteiger partial charge in [0.05, 0.1) is 13.2 Å². The van der Waals surface area contributed by atoms with Gasteiger partial charge in [0.1, 0.15) is 0 Å². The molecule has 2 unspecified atom stereocenters. The van der Waals surface area contributed by atoms with Crippen LogP contribution in [0.2, 0.25) is 0 Å². The Morgan fingerprint density at radius 1 is 1.44 bits per heavy atom. The molecule has 3 nitrogen and oxygen atoms in total. The van der Waals surface area contributed by atoms with Crippen LogP contribution in [0.25, 0.3) is 0 Å². The van der Waals surface area contributed by atoms with Gasteiger partial charge >= 0.3 is 0 Å². The summed E-state index contributed by atoms with van der Waals surface area (Å²) >= 11 is 0. The number of hydrogen-bond acceptors (Lipinski definition) is 3. The fourth-order valence-electron chi connectivity index (χ4n) is 2.80. The molecule has 0 aromatic heterocycles. The van der Waals surface area contributed by atoms with E-state index in [1.165, 1.54) is 12.8 Å². The van der Waals surface area contributed by atoms with Crippen LogP contribution in [0.3, 0.4) is 0 Å². The summed E-state index contributed by atoms with van der Waals surface area (Å²) in [5.74, 6) is 0.673. The summed E-state index contributed by atoms with van der Waals surface area (Å²) in [7, 11) is 0. The van der Waals surface area contributed by atoms with Gasteiger partial charge in [0.2, 0.25) is 0 Å². The Labute approximate surface area is 100 Å². The minimum atomic E-state index is 0.129. The van der Waals surface area contributed by atoms with Gasteiger partial charge in [0, 0.05) is 24.7 Å². The molecule has 0 spiro atoms. The van der Waals surface area contributed by atoms with Crippen LogP contribution in [0.4, 0.5) is 0 Å². The number of rotatable bonds is 5. The smallest absolute Gasteiger partial charge is 0.0645 e. The van der Waals surface area contributed by atoms with Gasteiger partial charge in [-0.15, -0.1) is 0 Å². The van der Waals surface area contributed by atoms with Crippen LogP contribution >= 0.6 is 0 Å². The Bertz CT molecular complexity index is 206. The van der Waals surface area contributed by atoms with Crippen LogP contribution in [0.1, 0.15) is 40.5 Å². The highest BCUT2D eigenvalue weighted by Crippen LogP contribution is 2.26. The second-order valence-corrected chi connectivity index (χ2v) is 5.63. The third-order valence-corrected chi connectivity index (χ3v) is 3.75. The zero-order valence-corrected chi connectivity index (χ0v) is 11.3. The van der Waals surface area contributed by atoms with Crippen molar-refractivity contribution in [3.05, 3.63) is 0 Å². The fraction of sp³-hybridized carbons (Fsp3) is 1.00. The minimum absolute atomic E-state index is 0.129. The molecule has 1 fully saturated rings. The first-order valence-electron chi connectivity index (χ1n) is 6.57. The molecule has 3 heteroatoms. The summed E-state index contributed by atoms with van der Waals surface area (Å²) in [5.41, 5.74) is 6.10. The Balaban J connectivity index is 2.69. The van der Waals surface area contributed by atoms with E-state index in [1.54, 1.807) is 0 Å². The second kappa shape index (κ2) is 5.99. The third-order valence-electron chi connectivity index (χ3n) is 3.75. The van der Waals surface area contributed by atoms with Crippen molar-refractivity contribution in [2.24, 2.45) is 11.7 Å². The van der Waals surface area contributed by atoms with Crippen molar-refractivity contribution in [1.82, 2.24) is 4.90 Å². The molecular formula is C13H28N2O. The van der Waals surface area contributed by atoms with E-state index in [9.17, 15) is 0 Å². The first-order chi connectivity index (χ1) is 7.53. The van der Waals surface area contributed by atoms with Crippen LogP contribution in [0.5, 0.6) is 0 Å². The maximum Gasteiger partial charge on any atom is 0.0645 e. The molecule has 1 heterocycles. The monoisotopic (exact) mass is 228 g/mol. The van der Waals surface area contributed by atoms with E-state index in [1.807, 2.05) is 0 Å². The standard InChI is InChI=1S/C13H28N2O/c1-5-6-11(2)12(9-14)15-7-8-16-10-13(15,3)4/h11-12H,5-10,14H2,1-4H3. The summed E-state index contributed by atoms with van der Waals surface area (Å²) in [6.45, 7) is 12.5. The van der Waals surface area contributed by atoms with E-state index in [0.717, 1.165) is 26.3 Å². The number of nitrogens with two attached hydrogens (primary N) is 1. The van der Waals surface area contributed by atoms with Gasteiger partial charge in [-0.25, -0.2) is 0 Å². The quantitative estimate of drug-likeness (QED) is 0.780. The molecule has 2 N–H and O–H groups in total. The molecule has 16 heavy (non-hydrogen) atoms. The zero-order chi connectivity index (χ0) is 12.2. The van der Waals surface area contributed by atoms with Gasteiger partial charge in [-0.2, -0.15) is 0 Å². The molecule has 1 saturated heterocycles. The van der Waals surface area contributed by atoms with Crippen molar-refractivity contribution in [3.63, 3.8) is 0 Å². The summed E-state index contributed by atoms with van der Waals surface area (Å²) in [5, 5.41) is 0. The number of nitrogens with zero attached hydrogens (tertiary/aromatic N) is 1. The highest BCUT2D eigenvalue weighted by atomic mass is 16.5. The number of ether oxygens (including phenoxy) is 1. The van der Waals surface area contributed by atoms with Gasteiger partial charge in [0.25, 0.3) is 0 Å². The molecule has 0 aromatic rings. The van der Waals surface area contributed by atoms with Crippen molar-refractivity contribution in [3.8, 4) is 0 Å². The third kappa shape index (κ3) is 3.19. The van der Waals surface area contributed by atoms with Gasteiger partial charge < -0.3 is 10.5 Å². The lowest BCUT2D eigenvalue weighted by molar-refractivity contribution is -0.0802. The lowest BCUT2D eigenvalue weighted by Crippen LogP contribution is -2.60. The lowest BCUT2D eigenvalue weighted by Gasteiger charge is -2.48.